The Hall–Kier alpha value is -3.95. The Morgan fingerprint density at radius 1 is 1.00 bits per heavy atom. The Morgan fingerprint density at radius 2 is 1.71 bits per heavy atom. The number of oxazole rings is 1. The molecular formula is C24H18ClN3O3. The average Bonchev–Trinajstić information content (AvgIpc) is 3.22. The van der Waals surface area contributed by atoms with Crippen LogP contribution in [0.3, 0.4) is 0 Å². The highest BCUT2D eigenvalue weighted by molar-refractivity contribution is 6.31. The van der Waals surface area contributed by atoms with E-state index in [4.69, 9.17) is 25.5 Å². The van der Waals surface area contributed by atoms with E-state index in [1.807, 2.05) is 72.8 Å². The summed E-state index contributed by atoms with van der Waals surface area (Å²) in [6.45, 7) is 0.368. The second-order valence-electron chi connectivity index (χ2n) is 6.57. The number of nitrogens with one attached hydrogen (secondary N) is 1. The number of aromatic nitrogens is 1. The fourth-order valence-electron chi connectivity index (χ4n) is 2.88. The minimum atomic E-state index is 0.171. The summed E-state index contributed by atoms with van der Waals surface area (Å²) in [5, 5.41) is 13.2. The molecule has 4 aromatic rings. The van der Waals surface area contributed by atoms with E-state index in [0.717, 1.165) is 22.6 Å². The van der Waals surface area contributed by atoms with Crippen molar-refractivity contribution in [1.29, 1.82) is 5.26 Å². The van der Waals surface area contributed by atoms with Crippen molar-refractivity contribution in [2.45, 2.75) is 6.61 Å². The number of hydrogen-bond acceptors (Lipinski definition) is 6. The molecule has 1 aromatic heterocycles. The number of rotatable bonds is 7. The lowest BCUT2D eigenvalue weighted by molar-refractivity contribution is 0.306. The van der Waals surface area contributed by atoms with E-state index in [2.05, 4.69) is 16.4 Å². The van der Waals surface area contributed by atoms with Crippen molar-refractivity contribution in [2.75, 3.05) is 12.4 Å². The Morgan fingerprint density at radius 3 is 2.39 bits per heavy atom. The van der Waals surface area contributed by atoms with Gasteiger partial charge in [-0.25, -0.2) is 0 Å². The van der Waals surface area contributed by atoms with Gasteiger partial charge in [-0.2, -0.15) is 10.2 Å². The third-order valence-electron chi connectivity index (χ3n) is 4.53. The first-order chi connectivity index (χ1) is 15.2. The van der Waals surface area contributed by atoms with E-state index in [1.165, 1.54) is 0 Å². The number of methoxy groups -OCH3 is 1. The lowest BCUT2D eigenvalue weighted by Gasteiger charge is -2.08. The number of hydrogen-bond donors (Lipinski definition) is 1. The van der Waals surface area contributed by atoms with Gasteiger partial charge in [-0.15, -0.1) is 0 Å². The maximum atomic E-state index is 9.42. The lowest BCUT2D eigenvalue weighted by atomic mass is 10.2. The van der Waals surface area contributed by atoms with E-state index < -0.39 is 0 Å². The summed E-state index contributed by atoms with van der Waals surface area (Å²) in [6, 6.07) is 24.2. The van der Waals surface area contributed by atoms with Crippen LogP contribution in [0.25, 0.3) is 11.5 Å². The Balaban J connectivity index is 1.47. The summed E-state index contributed by atoms with van der Waals surface area (Å²) < 4.78 is 16.8. The quantitative estimate of drug-likeness (QED) is 0.375. The van der Waals surface area contributed by atoms with E-state index in [1.54, 1.807) is 7.11 Å². The van der Waals surface area contributed by atoms with Crippen LogP contribution in [0, 0.1) is 11.3 Å². The summed E-state index contributed by atoms with van der Waals surface area (Å²) in [5.41, 5.74) is 2.56. The number of anilines is 2. The highest BCUT2D eigenvalue weighted by atomic mass is 35.5. The Bertz CT molecular complexity index is 1210. The highest BCUT2D eigenvalue weighted by Gasteiger charge is 2.15. The van der Waals surface area contributed by atoms with Gasteiger partial charge in [0.1, 0.15) is 24.2 Å². The maximum Gasteiger partial charge on any atom is 0.236 e. The highest BCUT2D eigenvalue weighted by Crippen LogP contribution is 2.29. The van der Waals surface area contributed by atoms with Crippen molar-refractivity contribution >= 4 is 23.2 Å². The van der Waals surface area contributed by atoms with Crippen molar-refractivity contribution in [3.63, 3.8) is 0 Å². The van der Waals surface area contributed by atoms with Crippen LogP contribution >= 0.6 is 11.6 Å². The first-order valence-corrected chi connectivity index (χ1v) is 9.82. The molecule has 0 saturated carbocycles. The number of nitrogens with zero attached hydrogens (tertiary/aromatic N) is 2. The molecule has 1 N–H and O–H groups in total. The van der Waals surface area contributed by atoms with Gasteiger partial charge in [0, 0.05) is 21.8 Å². The predicted octanol–water partition coefficient (Wildman–Crippen LogP) is 6.20. The van der Waals surface area contributed by atoms with Crippen molar-refractivity contribution in [2.24, 2.45) is 0 Å². The molecule has 4 rings (SSSR count). The zero-order valence-corrected chi connectivity index (χ0v) is 17.4. The second kappa shape index (κ2) is 9.24. The summed E-state index contributed by atoms with van der Waals surface area (Å²) >= 11 is 6.16. The fraction of sp³-hybridized carbons (Fsp3) is 0.0833. The van der Waals surface area contributed by atoms with Crippen molar-refractivity contribution in [3.05, 3.63) is 89.1 Å². The molecule has 3 aromatic carbocycles. The van der Waals surface area contributed by atoms with Crippen LogP contribution in [-0.4, -0.2) is 12.1 Å². The van der Waals surface area contributed by atoms with Gasteiger partial charge in [0.05, 0.1) is 7.11 Å². The van der Waals surface area contributed by atoms with Crippen LogP contribution in [0.4, 0.5) is 11.6 Å². The molecule has 0 spiro atoms. The van der Waals surface area contributed by atoms with E-state index in [-0.39, 0.29) is 11.6 Å². The zero-order chi connectivity index (χ0) is 21.6. The maximum absolute atomic E-state index is 9.42. The van der Waals surface area contributed by atoms with Crippen LogP contribution in [0.2, 0.25) is 5.02 Å². The van der Waals surface area contributed by atoms with Gasteiger partial charge in [-0.05, 0) is 54.6 Å². The van der Waals surface area contributed by atoms with Gasteiger partial charge in [-0.3, -0.25) is 0 Å². The van der Waals surface area contributed by atoms with Gasteiger partial charge in [0.25, 0.3) is 0 Å². The topological polar surface area (TPSA) is 80.3 Å². The molecule has 0 atom stereocenters. The molecule has 0 bridgehead atoms. The van der Waals surface area contributed by atoms with Gasteiger partial charge in [0.15, 0.2) is 0 Å². The average molecular weight is 432 g/mol. The van der Waals surface area contributed by atoms with Crippen LogP contribution in [0.1, 0.15) is 11.3 Å². The normalized spacial score (nSPS) is 10.4. The van der Waals surface area contributed by atoms with E-state index >= 15 is 0 Å². The third-order valence-corrected chi connectivity index (χ3v) is 4.90. The van der Waals surface area contributed by atoms with Crippen LogP contribution in [0.15, 0.2) is 77.2 Å². The molecule has 0 aliphatic heterocycles. The molecule has 7 heteroatoms. The van der Waals surface area contributed by atoms with Gasteiger partial charge >= 0.3 is 0 Å². The third kappa shape index (κ3) is 4.80. The summed E-state index contributed by atoms with van der Waals surface area (Å²) in [4.78, 5) is 4.29. The minimum absolute atomic E-state index is 0.171. The SMILES string of the molecule is COc1ccc(Nc2oc(-c3ccc(OCc4ccccc4Cl)cc3)nc2C#N)cc1. The number of ether oxygens (including phenoxy) is 2. The number of nitriles is 1. The first-order valence-electron chi connectivity index (χ1n) is 9.45. The monoisotopic (exact) mass is 431 g/mol. The predicted molar refractivity (Wildman–Crippen MR) is 119 cm³/mol. The summed E-state index contributed by atoms with van der Waals surface area (Å²) in [7, 11) is 1.60. The molecule has 154 valence electrons. The van der Waals surface area contributed by atoms with Crippen molar-refractivity contribution in [3.8, 4) is 29.0 Å². The van der Waals surface area contributed by atoms with Gasteiger partial charge < -0.3 is 19.2 Å². The zero-order valence-electron chi connectivity index (χ0n) is 16.6. The molecule has 0 fully saturated rings. The van der Waals surface area contributed by atoms with Crippen LogP contribution < -0.4 is 14.8 Å². The summed E-state index contributed by atoms with van der Waals surface area (Å²) in [5.74, 6) is 2.04. The molecular weight excluding hydrogens is 414 g/mol. The molecule has 0 unspecified atom stereocenters. The Labute approximate surface area is 184 Å². The molecule has 0 amide bonds. The molecule has 0 aliphatic rings. The molecule has 31 heavy (non-hydrogen) atoms. The van der Waals surface area contributed by atoms with E-state index in [0.29, 0.717) is 23.3 Å². The fourth-order valence-corrected chi connectivity index (χ4v) is 3.07. The number of benzene rings is 3. The molecule has 0 aliphatic carbocycles. The van der Waals surface area contributed by atoms with Crippen LogP contribution in [-0.2, 0) is 6.61 Å². The molecule has 0 saturated heterocycles. The molecule has 0 radical (unpaired) electrons. The molecule has 1 heterocycles. The lowest BCUT2D eigenvalue weighted by Crippen LogP contribution is -1.95. The largest absolute Gasteiger partial charge is 0.497 e. The number of halogens is 1. The summed E-state index contributed by atoms with van der Waals surface area (Å²) in [6.07, 6.45) is 0. The van der Waals surface area contributed by atoms with Crippen molar-refractivity contribution in [1.82, 2.24) is 4.98 Å². The van der Waals surface area contributed by atoms with Gasteiger partial charge in [-0.1, -0.05) is 29.8 Å². The first kappa shape index (κ1) is 20.3. The minimum Gasteiger partial charge on any atom is -0.497 e. The van der Waals surface area contributed by atoms with Crippen LogP contribution in [0.5, 0.6) is 11.5 Å². The van der Waals surface area contributed by atoms with Gasteiger partial charge in [0.2, 0.25) is 17.5 Å². The standard InChI is InChI=1S/C24H18ClN3O3/c1-29-19-12-8-18(9-13-19)27-24-22(14-26)28-23(31-24)16-6-10-20(11-7-16)30-15-17-4-2-3-5-21(17)25/h2-13,27H,15H2,1H3. The smallest absolute Gasteiger partial charge is 0.236 e. The van der Waals surface area contributed by atoms with Crippen molar-refractivity contribution < 1.29 is 13.9 Å². The molecule has 6 nitrogen and oxygen atoms in total. The second-order valence-corrected chi connectivity index (χ2v) is 6.97. The van der Waals surface area contributed by atoms with E-state index in [9.17, 15) is 5.26 Å². The Kier molecular flexibility index (Phi) is 6.06.